The molecule has 68 valence electrons. The van der Waals surface area contributed by atoms with Crippen LogP contribution >= 0.6 is 0 Å². The zero-order valence-electron chi connectivity index (χ0n) is 7.99. The summed E-state index contributed by atoms with van der Waals surface area (Å²) in [4.78, 5) is 4.40. The number of nitrogens with zero attached hydrogens (tertiary/aromatic N) is 3. The Labute approximate surface area is 77.4 Å². The average molecular weight is 175 g/mol. The van der Waals surface area contributed by atoms with Crippen LogP contribution in [0.25, 0.3) is 5.65 Å². The Morgan fingerprint density at radius 1 is 1.38 bits per heavy atom. The fourth-order valence-corrected chi connectivity index (χ4v) is 1.36. The zero-order valence-corrected chi connectivity index (χ0v) is 7.99. The van der Waals surface area contributed by atoms with Crippen LogP contribution in [0.5, 0.6) is 0 Å². The highest BCUT2D eigenvalue weighted by Gasteiger charge is 2.01. The molecule has 0 saturated heterocycles. The first-order valence-electron chi connectivity index (χ1n) is 4.61. The van der Waals surface area contributed by atoms with Crippen molar-refractivity contribution in [2.24, 2.45) is 0 Å². The molecule has 0 saturated carbocycles. The maximum Gasteiger partial charge on any atom is 0.155 e. The Hall–Kier alpha value is -1.38. The van der Waals surface area contributed by atoms with E-state index >= 15 is 0 Å². The molecule has 0 atom stereocenters. The average Bonchev–Trinajstić information content (AvgIpc) is 2.46. The molecule has 2 rings (SSSR count). The fraction of sp³-hybridized carbons (Fsp3) is 0.400. The summed E-state index contributed by atoms with van der Waals surface area (Å²) in [5, 5.41) is 4.37. The molecule has 0 aliphatic heterocycles. The van der Waals surface area contributed by atoms with Gasteiger partial charge in [0.05, 0.1) is 0 Å². The molecule has 3 nitrogen and oxygen atoms in total. The van der Waals surface area contributed by atoms with Gasteiger partial charge in [0.2, 0.25) is 0 Å². The Morgan fingerprint density at radius 2 is 2.23 bits per heavy atom. The molecule has 0 spiro atoms. The molecular weight excluding hydrogens is 162 g/mol. The minimum Gasteiger partial charge on any atom is -0.221 e. The molecular formula is C10H13N3. The molecule has 0 aliphatic carbocycles. The summed E-state index contributed by atoms with van der Waals surface area (Å²) in [5.41, 5.74) is 2.15. The first kappa shape index (κ1) is 8.23. The number of aromatic nitrogens is 3. The molecule has 0 aromatic carbocycles. The molecule has 0 aliphatic rings. The maximum atomic E-state index is 4.40. The third-order valence-corrected chi connectivity index (χ3v) is 2.00. The third kappa shape index (κ3) is 1.54. The van der Waals surface area contributed by atoms with E-state index in [2.05, 4.69) is 30.0 Å². The first-order valence-corrected chi connectivity index (χ1v) is 4.61. The smallest absolute Gasteiger partial charge is 0.155 e. The van der Waals surface area contributed by atoms with E-state index in [1.165, 1.54) is 5.56 Å². The predicted octanol–water partition coefficient (Wildman–Crippen LogP) is 1.99. The molecule has 0 N–H and O–H groups in total. The van der Waals surface area contributed by atoms with Gasteiger partial charge < -0.3 is 0 Å². The minimum absolute atomic E-state index is 0.938. The number of hydrogen-bond acceptors (Lipinski definition) is 2. The topological polar surface area (TPSA) is 30.2 Å². The second kappa shape index (κ2) is 3.17. The van der Waals surface area contributed by atoms with Crippen LogP contribution in [-0.4, -0.2) is 14.6 Å². The molecule has 2 aromatic rings. The van der Waals surface area contributed by atoms with Crippen LogP contribution in [0, 0.1) is 6.92 Å². The van der Waals surface area contributed by atoms with E-state index in [1.54, 1.807) is 0 Å². The summed E-state index contributed by atoms with van der Waals surface area (Å²) >= 11 is 0. The minimum atomic E-state index is 0.938. The number of rotatable bonds is 2. The summed E-state index contributed by atoms with van der Waals surface area (Å²) in [6, 6.07) is 4.06. The quantitative estimate of drug-likeness (QED) is 0.698. The number of pyridine rings is 1. The lowest BCUT2D eigenvalue weighted by atomic mass is 10.3. The molecule has 0 radical (unpaired) electrons. The van der Waals surface area contributed by atoms with Gasteiger partial charge in [-0.15, -0.1) is 0 Å². The molecule has 2 aromatic heterocycles. The van der Waals surface area contributed by atoms with Gasteiger partial charge >= 0.3 is 0 Å². The van der Waals surface area contributed by atoms with Crippen LogP contribution < -0.4 is 0 Å². The van der Waals surface area contributed by atoms with Gasteiger partial charge in [-0.05, 0) is 25.0 Å². The summed E-state index contributed by atoms with van der Waals surface area (Å²) in [6.07, 6.45) is 4.05. The Balaban J connectivity index is 2.49. The van der Waals surface area contributed by atoms with Gasteiger partial charge in [0.15, 0.2) is 11.5 Å². The number of hydrogen-bond donors (Lipinski definition) is 0. The van der Waals surface area contributed by atoms with Gasteiger partial charge in [-0.25, -0.2) is 9.50 Å². The second-order valence-electron chi connectivity index (χ2n) is 3.29. The van der Waals surface area contributed by atoms with Gasteiger partial charge in [-0.3, -0.25) is 0 Å². The molecule has 2 heterocycles. The van der Waals surface area contributed by atoms with Gasteiger partial charge in [0, 0.05) is 12.6 Å². The van der Waals surface area contributed by atoms with E-state index in [0.29, 0.717) is 0 Å². The standard InChI is InChI=1S/C10H13N3/c1-3-4-9-11-10-6-5-8(2)7-13(10)12-9/h5-7H,3-4H2,1-2H3. The number of aryl methyl sites for hydroxylation is 2. The van der Waals surface area contributed by atoms with Crippen molar-refractivity contribution in [3.63, 3.8) is 0 Å². The van der Waals surface area contributed by atoms with Crippen molar-refractivity contribution in [1.29, 1.82) is 0 Å². The van der Waals surface area contributed by atoms with Gasteiger partial charge in [-0.1, -0.05) is 13.0 Å². The maximum absolute atomic E-state index is 4.40. The van der Waals surface area contributed by atoms with Crippen molar-refractivity contribution < 1.29 is 0 Å². The lowest BCUT2D eigenvalue weighted by Gasteiger charge is -1.91. The van der Waals surface area contributed by atoms with Crippen LogP contribution in [0.4, 0.5) is 0 Å². The molecule has 0 unspecified atom stereocenters. The van der Waals surface area contributed by atoms with Gasteiger partial charge in [-0.2, -0.15) is 5.10 Å². The van der Waals surface area contributed by atoms with E-state index in [1.807, 2.05) is 16.8 Å². The summed E-state index contributed by atoms with van der Waals surface area (Å²) in [5.74, 6) is 0.938. The highest BCUT2D eigenvalue weighted by Crippen LogP contribution is 2.04. The van der Waals surface area contributed by atoms with Crippen LogP contribution in [0.3, 0.4) is 0 Å². The van der Waals surface area contributed by atoms with Crippen molar-refractivity contribution in [3.8, 4) is 0 Å². The zero-order chi connectivity index (χ0) is 9.26. The molecule has 0 bridgehead atoms. The largest absolute Gasteiger partial charge is 0.221 e. The van der Waals surface area contributed by atoms with Crippen molar-refractivity contribution >= 4 is 5.65 Å². The summed E-state index contributed by atoms with van der Waals surface area (Å²) < 4.78 is 1.85. The molecule has 13 heavy (non-hydrogen) atoms. The first-order chi connectivity index (χ1) is 6.29. The van der Waals surface area contributed by atoms with E-state index in [0.717, 1.165) is 24.3 Å². The Kier molecular flexibility index (Phi) is 2.00. The van der Waals surface area contributed by atoms with E-state index < -0.39 is 0 Å². The normalized spacial score (nSPS) is 10.9. The fourth-order valence-electron chi connectivity index (χ4n) is 1.36. The van der Waals surface area contributed by atoms with E-state index in [9.17, 15) is 0 Å². The lowest BCUT2D eigenvalue weighted by Crippen LogP contribution is -1.89. The predicted molar refractivity (Wildman–Crippen MR) is 51.7 cm³/mol. The Morgan fingerprint density at radius 3 is 3.00 bits per heavy atom. The van der Waals surface area contributed by atoms with Crippen molar-refractivity contribution in [3.05, 3.63) is 29.7 Å². The summed E-state index contributed by atoms with van der Waals surface area (Å²) in [7, 11) is 0. The van der Waals surface area contributed by atoms with Crippen molar-refractivity contribution in [2.75, 3.05) is 0 Å². The second-order valence-corrected chi connectivity index (χ2v) is 3.29. The van der Waals surface area contributed by atoms with Crippen LogP contribution in [0.15, 0.2) is 18.3 Å². The highest BCUT2D eigenvalue weighted by molar-refractivity contribution is 5.38. The van der Waals surface area contributed by atoms with Crippen LogP contribution in [0.2, 0.25) is 0 Å². The van der Waals surface area contributed by atoms with Gasteiger partial charge in [0.1, 0.15) is 0 Å². The lowest BCUT2D eigenvalue weighted by molar-refractivity contribution is 0.817. The van der Waals surface area contributed by atoms with Crippen molar-refractivity contribution in [2.45, 2.75) is 26.7 Å². The monoisotopic (exact) mass is 175 g/mol. The molecule has 0 fully saturated rings. The summed E-state index contributed by atoms with van der Waals surface area (Å²) in [6.45, 7) is 4.19. The van der Waals surface area contributed by atoms with Gasteiger partial charge in [0.25, 0.3) is 0 Å². The van der Waals surface area contributed by atoms with Crippen LogP contribution in [-0.2, 0) is 6.42 Å². The Bertz CT molecular complexity index is 417. The van der Waals surface area contributed by atoms with E-state index in [-0.39, 0.29) is 0 Å². The molecule has 0 amide bonds. The molecule has 3 heteroatoms. The van der Waals surface area contributed by atoms with Crippen molar-refractivity contribution in [1.82, 2.24) is 14.6 Å². The highest BCUT2D eigenvalue weighted by atomic mass is 15.3. The van der Waals surface area contributed by atoms with Crippen LogP contribution in [0.1, 0.15) is 24.7 Å². The SMILES string of the molecule is CCCc1nc2ccc(C)cn2n1. The van der Waals surface area contributed by atoms with E-state index in [4.69, 9.17) is 0 Å². The third-order valence-electron chi connectivity index (χ3n) is 2.00. The number of fused-ring (bicyclic) bond motifs is 1.